The number of carbonyl (C=O) groups is 1. The number of aryl methyl sites for hydroxylation is 1. The molecule has 136 valence electrons. The summed E-state index contributed by atoms with van der Waals surface area (Å²) in [5, 5.41) is 6.87. The number of unbranched alkanes of at least 4 members (excludes halogenated alkanes) is 2. The Morgan fingerprint density at radius 3 is 2.73 bits per heavy atom. The van der Waals surface area contributed by atoms with Crippen LogP contribution in [0, 0.1) is 0 Å². The second-order valence-electron chi connectivity index (χ2n) is 5.82. The van der Waals surface area contributed by atoms with Crippen molar-refractivity contribution in [2.45, 2.75) is 25.7 Å². The summed E-state index contributed by atoms with van der Waals surface area (Å²) < 4.78 is 15.3. The van der Waals surface area contributed by atoms with Gasteiger partial charge in [0, 0.05) is 18.5 Å². The van der Waals surface area contributed by atoms with Gasteiger partial charge < -0.3 is 19.0 Å². The molecule has 0 aliphatic rings. The van der Waals surface area contributed by atoms with Crippen molar-refractivity contribution in [1.82, 2.24) is 15.5 Å². The number of aromatic nitrogens is 2. The van der Waals surface area contributed by atoms with Crippen LogP contribution in [0.4, 0.5) is 0 Å². The van der Waals surface area contributed by atoms with Gasteiger partial charge in [0.15, 0.2) is 0 Å². The van der Waals surface area contributed by atoms with Gasteiger partial charge in [-0.2, -0.15) is 4.98 Å². The molecule has 0 spiro atoms. The summed E-state index contributed by atoms with van der Waals surface area (Å²) in [6.45, 7) is 0.630. The summed E-state index contributed by atoms with van der Waals surface area (Å²) in [6, 6.07) is 9.17. The number of hydrogen-bond donors (Lipinski definition) is 1. The molecule has 1 aromatic carbocycles. The topological polar surface area (TPSA) is 90.4 Å². The molecule has 26 heavy (non-hydrogen) atoms. The number of rotatable bonds is 9. The average molecular weight is 355 g/mol. The first-order chi connectivity index (χ1) is 12.8. The van der Waals surface area contributed by atoms with E-state index in [0.717, 1.165) is 37.0 Å². The Kier molecular flexibility index (Phi) is 6.03. The van der Waals surface area contributed by atoms with E-state index in [2.05, 4.69) is 15.5 Å². The van der Waals surface area contributed by atoms with E-state index in [1.54, 1.807) is 13.2 Å². The predicted octanol–water partition coefficient (Wildman–Crippen LogP) is 3.48. The van der Waals surface area contributed by atoms with Gasteiger partial charge in [0.1, 0.15) is 12.0 Å². The van der Waals surface area contributed by atoms with Gasteiger partial charge in [-0.05, 0) is 43.2 Å². The van der Waals surface area contributed by atoms with Crippen LogP contribution in [-0.4, -0.2) is 29.7 Å². The second kappa shape index (κ2) is 8.84. The second-order valence-corrected chi connectivity index (χ2v) is 5.82. The number of furan rings is 1. The van der Waals surface area contributed by atoms with E-state index in [4.69, 9.17) is 13.7 Å². The first-order valence-electron chi connectivity index (χ1n) is 8.53. The Balaban J connectivity index is 1.36. The van der Waals surface area contributed by atoms with Crippen molar-refractivity contribution in [2.75, 3.05) is 13.7 Å². The van der Waals surface area contributed by atoms with Gasteiger partial charge in [-0.3, -0.25) is 4.79 Å². The number of ether oxygens (including phenoxy) is 1. The Hall–Kier alpha value is -3.09. The fraction of sp³-hybridized carbons (Fsp3) is 0.316. The SMILES string of the molecule is COc1ccc(-c2noc(CCCCCNC(=O)c3ccoc3)n2)cc1. The number of hydrogen-bond acceptors (Lipinski definition) is 6. The molecule has 0 bridgehead atoms. The largest absolute Gasteiger partial charge is 0.497 e. The van der Waals surface area contributed by atoms with E-state index >= 15 is 0 Å². The molecule has 3 rings (SSSR count). The summed E-state index contributed by atoms with van der Waals surface area (Å²) >= 11 is 0. The Labute approximate surface area is 151 Å². The molecule has 1 N–H and O–H groups in total. The Morgan fingerprint density at radius 1 is 1.15 bits per heavy atom. The maximum Gasteiger partial charge on any atom is 0.254 e. The van der Waals surface area contributed by atoms with Crippen molar-refractivity contribution in [3.63, 3.8) is 0 Å². The van der Waals surface area contributed by atoms with Gasteiger partial charge in [-0.25, -0.2) is 0 Å². The number of benzene rings is 1. The highest BCUT2D eigenvalue weighted by Gasteiger charge is 2.09. The van der Waals surface area contributed by atoms with Crippen LogP contribution in [0.2, 0.25) is 0 Å². The minimum Gasteiger partial charge on any atom is -0.497 e. The first kappa shape index (κ1) is 17.7. The van der Waals surface area contributed by atoms with Crippen LogP contribution < -0.4 is 10.1 Å². The highest BCUT2D eigenvalue weighted by Crippen LogP contribution is 2.20. The minimum atomic E-state index is -0.111. The molecule has 0 aliphatic heterocycles. The molecule has 0 atom stereocenters. The molecule has 0 fully saturated rings. The predicted molar refractivity (Wildman–Crippen MR) is 94.9 cm³/mol. The zero-order chi connectivity index (χ0) is 18.2. The van der Waals surface area contributed by atoms with Crippen LogP contribution in [-0.2, 0) is 6.42 Å². The molecule has 0 saturated heterocycles. The quantitative estimate of drug-likeness (QED) is 0.591. The van der Waals surface area contributed by atoms with Gasteiger partial charge in [0.05, 0.1) is 18.9 Å². The number of methoxy groups -OCH3 is 1. The highest BCUT2D eigenvalue weighted by atomic mass is 16.5. The highest BCUT2D eigenvalue weighted by molar-refractivity contribution is 5.93. The van der Waals surface area contributed by atoms with Crippen molar-refractivity contribution in [3.05, 3.63) is 54.3 Å². The first-order valence-corrected chi connectivity index (χ1v) is 8.53. The van der Waals surface area contributed by atoms with Crippen molar-refractivity contribution in [1.29, 1.82) is 0 Å². The van der Waals surface area contributed by atoms with E-state index in [1.165, 1.54) is 12.5 Å². The molecule has 2 aromatic heterocycles. The number of amides is 1. The van der Waals surface area contributed by atoms with E-state index in [1.807, 2.05) is 24.3 Å². The Morgan fingerprint density at radius 2 is 2.00 bits per heavy atom. The minimum absolute atomic E-state index is 0.111. The van der Waals surface area contributed by atoms with Gasteiger partial charge in [0.2, 0.25) is 11.7 Å². The normalized spacial score (nSPS) is 10.7. The number of nitrogens with zero attached hydrogens (tertiary/aromatic N) is 2. The molecule has 7 heteroatoms. The van der Waals surface area contributed by atoms with E-state index < -0.39 is 0 Å². The van der Waals surface area contributed by atoms with Crippen molar-refractivity contribution in [3.8, 4) is 17.1 Å². The van der Waals surface area contributed by atoms with Crippen LogP contribution in [0.25, 0.3) is 11.4 Å². The summed E-state index contributed by atoms with van der Waals surface area (Å²) in [6.07, 6.45) is 6.42. The lowest BCUT2D eigenvalue weighted by Gasteiger charge is -2.02. The van der Waals surface area contributed by atoms with E-state index in [0.29, 0.717) is 23.8 Å². The maximum absolute atomic E-state index is 11.7. The molecule has 0 saturated carbocycles. The third-order valence-corrected chi connectivity index (χ3v) is 3.95. The number of carbonyl (C=O) groups excluding carboxylic acids is 1. The van der Waals surface area contributed by atoms with Gasteiger partial charge in [0.25, 0.3) is 5.91 Å². The standard InChI is InChI=1S/C19H21N3O4/c1-24-16-8-6-14(7-9-16)18-21-17(26-22-18)5-3-2-4-11-20-19(23)15-10-12-25-13-15/h6-10,12-13H,2-5,11H2,1H3,(H,20,23). The molecule has 7 nitrogen and oxygen atoms in total. The molecule has 3 aromatic rings. The van der Waals surface area contributed by atoms with Crippen LogP contribution in [0.15, 0.2) is 51.8 Å². The van der Waals surface area contributed by atoms with E-state index in [-0.39, 0.29) is 5.91 Å². The maximum atomic E-state index is 11.7. The third-order valence-electron chi connectivity index (χ3n) is 3.95. The smallest absolute Gasteiger partial charge is 0.254 e. The monoisotopic (exact) mass is 355 g/mol. The van der Waals surface area contributed by atoms with Crippen molar-refractivity contribution in [2.24, 2.45) is 0 Å². The lowest BCUT2D eigenvalue weighted by atomic mass is 10.2. The molecular weight excluding hydrogens is 334 g/mol. The zero-order valence-electron chi connectivity index (χ0n) is 14.6. The lowest BCUT2D eigenvalue weighted by molar-refractivity contribution is 0.0952. The molecule has 0 unspecified atom stereocenters. The molecule has 0 radical (unpaired) electrons. The van der Waals surface area contributed by atoms with Gasteiger partial charge in [-0.15, -0.1) is 0 Å². The van der Waals surface area contributed by atoms with Crippen LogP contribution >= 0.6 is 0 Å². The zero-order valence-corrected chi connectivity index (χ0v) is 14.6. The lowest BCUT2D eigenvalue weighted by Crippen LogP contribution is -2.23. The summed E-state index contributed by atoms with van der Waals surface area (Å²) in [4.78, 5) is 16.1. The average Bonchev–Trinajstić information content (AvgIpc) is 3.36. The van der Waals surface area contributed by atoms with Crippen molar-refractivity contribution >= 4 is 5.91 Å². The third kappa shape index (κ3) is 4.72. The Bertz CT molecular complexity index is 810. The van der Waals surface area contributed by atoms with Crippen LogP contribution in [0.5, 0.6) is 5.75 Å². The van der Waals surface area contributed by atoms with Gasteiger partial charge in [-0.1, -0.05) is 11.6 Å². The molecular formula is C19H21N3O4. The summed E-state index contributed by atoms with van der Waals surface area (Å²) in [7, 11) is 1.63. The number of nitrogens with one attached hydrogen (secondary N) is 1. The van der Waals surface area contributed by atoms with E-state index in [9.17, 15) is 4.79 Å². The molecule has 0 aliphatic carbocycles. The molecule has 2 heterocycles. The summed E-state index contributed by atoms with van der Waals surface area (Å²) in [5.41, 5.74) is 1.43. The van der Waals surface area contributed by atoms with Crippen molar-refractivity contribution < 1.29 is 18.5 Å². The van der Waals surface area contributed by atoms with Crippen LogP contribution in [0.3, 0.4) is 0 Å². The van der Waals surface area contributed by atoms with Gasteiger partial charge >= 0.3 is 0 Å². The fourth-order valence-corrected chi connectivity index (χ4v) is 2.49. The summed E-state index contributed by atoms with van der Waals surface area (Å²) in [5.74, 6) is 1.88. The molecule has 1 amide bonds. The van der Waals surface area contributed by atoms with Crippen LogP contribution in [0.1, 0.15) is 35.5 Å². The fourth-order valence-electron chi connectivity index (χ4n) is 2.49.